The number of rotatable bonds is 4. The summed E-state index contributed by atoms with van der Waals surface area (Å²) in [6.45, 7) is 0.254. The molecule has 0 saturated heterocycles. The summed E-state index contributed by atoms with van der Waals surface area (Å²) in [7, 11) is 1.47. The zero-order chi connectivity index (χ0) is 15.0. The SMILES string of the molecule is Cc1c(-n2ncc(C(=O)Cl)c2C)nn(C)c1OC(F)F. The van der Waals surface area contributed by atoms with Crippen molar-refractivity contribution in [1.82, 2.24) is 19.6 Å². The van der Waals surface area contributed by atoms with Crippen LogP contribution in [0.2, 0.25) is 0 Å². The third-order valence-electron chi connectivity index (χ3n) is 2.82. The van der Waals surface area contributed by atoms with Crippen LogP contribution in [0.25, 0.3) is 5.82 Å². The van der Waals surface area contributed by atoms with Gasteiger partial charge in [0.15, 0.2) is 5.82 Å². The van der Waals surface area contributed by atoms with Crippen LogP contribution >= 0.6 is 11.6 Å². The van der Waals surface area contributed by atoms with Crippen molar-refractivity contribution in [2.24, 2.45) is 7.05 Å². The lowest BCUT2D eigenvalue weighted by molar-refractivity contribution is -0.0557. The van der Waals surface area contributed by atoms with Crippen molar-refractivity contribution in [3.63, 3.8) is 0 Å². The van der Waals surface area contributed by atoms with Gasteiger partial charge in [0.05, 0.1) is 23.0 Å². The lowest BCUT2D eigenvalue weighted by atomic mass is 10.3. The van der Waals surface area contributed by atoms with Crippen molar-refractivity contribution in [3.05, 3.63) is 23.0 Å². The molecule has 2 rings (SSSR count). The standard InChI is InChI=1S/C11H11ClF2N4O2/c1-5-9(16-17(3)10(5)20-11(13)14)18-6(2)7(4-15-18)8(12)19/h4,11H,1-3H3. The van der Waals surface area contributed by atoms with E-state index in [9.17, 15) is 13.6 Å². The fourth-order valence-electron chi connectivity index (χ4n) is 1.87. The molecule has 0 aliphatic carbocycles. The number of aryl methyl sites for hydroxylation is 1. The first kappa shape index (κ1) is 14.4. The van der Waals surface area contributed by atoms with Crippen molar-refractivity contribution in [2.75, 3.05) is 0 Å². The molecule has 0 bridgehead atoms. The quantitative estimate of drug-likeness (QED) is 0.812. The van der Waals surface area contributed by atoms with Gasteiger partial charge in [-0.3, -0.25) is 4.79 Å². The highest BCUT2D eigenvalue weighted by Crippen LogP contribution is 2.26. The highest BCUT2D eigenvalue weighted by atomic mass is 35.5. The van der Waals surface area contributed by atoms with Gasteiger partial charge in [0.2, 0.25) is 5.88 Å². The number of hydrogen-bond acceptors (Lipinski definition) is 4. The van der Waals surface area contributed by atoms with Crippen LogP contribution in [0.15, 0.2) is 6.20 Å². The van der Waals surface area contributed by atoms with Crippen LogP contribution in [0.5, 0.6) is 5.88 Å². The van der Waals surface area contributed by atoms with Crippen LogP contribution in [0.3, 0.4) is 0 Å². The lowest BCUT2D eigenvalue weighted by Gasteiger charge is -2.05. The molecule has 0 spiro atoms. The first-order valence-corrected chi connectivity index (χ1v) is 5.94. The summed E-state index contributed by atoms with van der Waals surface area (Å²) >= 11 is 5.41. The van der Waals surface area contributed by atoms with Crippen molar-refractivity contribution in [3.8, 4) is 11.7 Å². The average Bonchev–Trinajstić information content (AvgIpc) is 2.84. The summed E-state index contributed by atoms with van der Waals surface area (Å²) in [6, 6.07) is 0. The Hall–Kier alpha value is -1.96. The van der Waals surface area contributed by atoms with E-state index < -0.39 is 11.9 Å². The van der Waals surface area contributed by atoms with Crippen molar-refractivity contribution in [2.45, 2.75) is 20.5 Å². The molecule has 0 amide bonds. The van der Waals surface area contributed by atoms with Crippen molar-refractivity contribution >= 4 is 16.8 Å². The third-order valence-corrected chi connectivity index (χ3v) is 3.02. The lowest BCUT2D eigenvalue weighted by Crippen LogP contribution is -2.06. The highest BCUT2D eigenvalue weighted by Gasteiger charge is 2.21. The molecule has 0 fully saturated rings. The molecule has 20 heavy (non-hydrogen) atoms. The van der Waals surface area contributed by atoms with E-state index in [0.717, 1.165) is 0 Å². The predicted octanol–water partition coefficient (Wildman–Crippen LogP) is 2.20. The second-order valence-corrected chi connectivity index (χ2v) is 4.43. The molecule has 0 saturated carbocycles. The van der Waals surface area contributed by atoms with E-state index in [2.05, 4.69) is 14.9 Å². The molecule has 108 valence electrons. The van der Waals surface area contributed by atoms with Gasteiger partial charge >= 0.3 is 6.61 Å². The monoisotopic (exact) mass is 304 g/mol. The smallest absolute Gasteiger partial charge is 0.388 e. The summed E-state index contributed by atoms with van der Waals surface area (Å²) in [4.78, 5) is 11.2. The number of halogens is 3. The van der Waals surface area contributed by atoms with Crippen molar-refractivity contribution < 1.29 is 18.3 Å². The Morgan fingerprint density at radius 3 is 2.60 bits per heavy atom. The van der Waals surface area contributed by atoms with E-state index in [0.29, 0.717) is 17.1 Å². The molecule has 0 N–H and O–H groups in total. The second kappa shape index (κ2) is 5.20. The molecule has 6 nitrogen and oxygen atoms in total. The van der Waals surface area contributed by atoms with Crippen LogP contribution in [-0.2, 0) is 7.05 Å². The predicted molar refractivity (Wildman–Crippen MR) is 66.6 cm³/mol. The number of nitrogens with zero attached hydrogens (tertiary/aromatic N) is 4. The maximum atomic E-state index is 12.3. The Balaban J connectivity index is 2.52. The van der Waals surface area contributed by atoms with Gasteiger partial charge in [-0.05, 0) is 25.4 Å². The van der Waals surface area contributed by atoms with Gasteiger partial charge in [-0.25, -0.2) is 9.36 Å². The first-order valence-electron chi connectivity index (χ1n) is 5.56. The number of ether oxygens (including phenoxy) is 1. The highest BCUT2D eigenvalue weighted by molar-refractivity contribution is 6.67. The van der Waals surface area contributed by atoms with E-state index in [1.807, 2.05) is 0 Å². The minimum Gasteiger partial charge on any atom is -0.417 e. The van der Waals surface area contributed by atoms with Gasteiger partial charge < -0.3 is 4.74 Å². The fraction of sp³-hybridized carbons (Fsp3) is 0.364. The summed E-state index contributed by atoms with van der Waals surface area (Å²) in [5.74, 6) is 0.230. The van der Waals surface area contributed by atoms with Gasteiger partial charge in [0.1, 0.15) is 0 Å². The van der Waals surface area contributed by atoms with Crippen LogP contribution in [-0.4, -0.2) is 31.4 Å². The maximum Gasteiger partial charge on any atom is 0.388 e. The number of aromatic nitrogens is 4. The normalized spacial score (nSPS) is 11.2. The van der Waals surface area contributed by atoms with E-state index in [1.54, 1.807) is 13.8 Å². The second-order valence-electron chi connectivity index (χ2n) is 4.09. The van der Waals surface area contributed by atoms with Gasteiger partial charge in [-0.2, -0.15) is 13.9 Å². The Kier molecular flexibility index (Phi) is 3.76. The molecule has 2 aromatic rings. The molecule has 0 radical (unpaired) electrons. The first-order chi connectivity index (χ1) is 9.32. The summed E-state index contributed by atoms with van der Waals surface area (Å²) in [5, 5.41) is 7.42. The van der Waals surface area contributed by atoms with Crippen LogP contribution in [0, 0.1) is 13.8 Å². The minimum absolute atomic E-state index is 0.0661. The molecule has 2 aromatic heterocycles. The Bertz CT molecular complexity index is 666. The number of carbonyl (C=O) groups is 1. The number of alkyl halides is 2. The summed E-state index contributed by atoms with van der Waals surface area (Å²) in [5.41, 5.74) is 1.08. The maximum absolute atomic E-state index is 12.3. The van der Waals surface area contributed by atoms with E-state index in [-0.39, 0.29) is 11.4 Å². The largest absolute Gasteiger partial charge is 0.417 e. The molecule has 0 aliphatic rings. The van der Waals surface area contributed by atoms with Crippen LogP contribution in [0.4, 0.5) is 8.78 Å². The van der Waals surface area contributed by atoms with Gasteiger partial charge in [-0.15, -0.1) is 5.10 Å². The average molecular weight is 305 g/mol. The molecular weight excluding hydrogens is 294 g/mol. The minimum atomic E-state index is -2.95. The van der Waals surface area contributed by atoms with E-state index in [4.69, 9.17) is 11.6 Å². The third kappa shape index (κ3) is 2.38. The topological polar surface area (TPSA) is 61.9 Å². The van der Waals surface area contributed by atoms with E-state index >= 15 is 0 Å². The van der Waals surface area contributed by atoms with Crippen molar-refractivity contribution in [1.29, 1.82) is 0 Å². The number of carbonyl (C=O) groups excluding carboxylic acids is 1. The molecule has 0 aromatic carbocycles. The molecular formula is C11H11ClF2N4O2. The Morgan fingerprint density at radius 1 is 1.45 bits per heavy atom. The van der Waals surface area contributed by atoms with Gasteiger partial charge in [0.25, 0.3) is 5.24 Å². The van der Waals surface area contributed by atoms with Crippen LogP contribution in [0.1, 0.15) is 21.6 Å². The molecule has 0 atom stereocenters. The molecule has 0 unspecified atom stereocenters. The Labute approximate surface area is 117 Å². The summed E-state index contributed by atoms with van der Waals surface area (Å²) < 4.78 is 31.6. The van der Waals surface area contributed by atoms with E-state index in [1.165, 1.54) is 22.6 Å². The molecule has 9 heteroatoms. The van der Waals surface area contributed by atoms with Gasteiger partial charge in [-0.1, -0.05) is 0 Å². The molecule has 0 aliphatic heterocycles. The zero-order valence-electron chi connectivity index (χ0n) is 10.9. The molecule has 2 heterocycles. The Morgan fingerprint density at radius 2 is 2.10 bits per heavy atom. The summed E-state index contributed by atoms with van der Waals surface area (Å²) in [6.07, 6.45) is 1.30. The number of hydrogen-bond donors (Lipinski definition) is 0. The zero-order valence-corrected chi connectivity index (χ0v) is 11.6. The fourth-order valence-corrected chi connectivity index (χ4v) is 2.05. The van der Waals surface area contributed by atoms with Crippen LogP contribution < -0.4 is 4.74 Å². The van der Waals surface area contributed by atoms with Gasteiger partial charge in [0, 0.05) is 7.05 Å².